The minimum atomic E-state index is -1.29. The first-order valence-electron chi connectivity index (χ1n) is 4.98. The number of aliphatic carboxylic acids is 1. The fourth-order valence-corrected chi connectivity index (χ4v) is 1.28. The monoisotopic (exact) mass is 224 g/mol. The summed E-state index contributed by atoms with van der Waals surface area (Å²) in [5, 5.41) is 13.1. The van der Waals surface area contributed by atoms with Gasteiger partial charge < -0.3 is 19.6 Å². The second-order valence-electron chi connectivity index (χ2n) is 3.96. The molecule has 0 aromatic carbocycles. The molecular formula is C11H14NO4-. The Labute approximate surface area is 93.4 Å². The van der Waals surface area contributed by atoms with Crippen LogP contribution in [0.2, 0.25) is 0 Å². The molecule has 1 unspecified atom stereocenters. The van der Waals surface area contributed by atoms with Crippen molar-refractivity contribution in [3.63, 3.8) is 0 Å². The van der Waals surface area contributed by atoms with Crippen LogP contribution in [0.25, 0.3) is 0 Å². The van der Waals surface area contributed by atoms with Gasteiger partial charge in [-0.25, -0.2) is 0 Å². The number of carbonyl (C=O) groups excluding carboxylic acids is 2. The van der Waals surface area contributed by atoms with E-state index in [1.54, 1.807) is 26.8 Å². The molecule has 0 saturated heterocycles. The van der Waals surface area contributed by atoms with Crippen LogP contribution in [0.1, 0.15) is 30.0 Å². The molecule has 1 heterocycles. The van der Waals surface area contributed by atoms with Gasteiger partial charge in [-0.1, -0.05) is 13.8 Å². The number of nitrogens with one attached hydrogen (secondary N) is 1. The van der Waals surface area contributed by atoms with Crippen molar-refractivity contribution in [1.29, 1.82) is 0 Å². The van der Waals surface area contributed by atoms with Gasteiger partial charge in [-0.3, -0.25) is 4.79 Å². The first kappa shape index (κ1) is 12.3. The van der Waals surface area contributed by atoms with Crippen molar-refractivity contribution >= 4 is 11.9 Å². The SMILES string of the molecule is Cc1cc(C(=O)NC(C(=O)[O-])C(C)C)co1. The van der Waals surface area contributed by atoms with E-state index in [-0.39, 0.29) is 5.92 Å². The van der Waals surface area contributed by atoms with Crippen molar-refractivity contribution in [2.75, 3.05) is 0 Å². The number of carboxylic acid groups (broad SMARTS) is 1. The van der Waals surface area contributed by atoms with Crippen LogP contribution < -0.4 is 10.4 Å². The normalized spacial score (nSPS) is 12.5. The first-order chi connectivity index (χ1) is 7.41. The maximum Gasteiger partial charge on any atom is 0.255 e. The lowest BCUT2D eigenvalue weighted by atomic mass is 10.0. The zero-order valence-corrected chi connectivity index (χ0v) is 9.44. The highest BCUT2D eigenvalue weighted by Crippen LogP contribution is 2.08. The van der Waals surface area contributed by atoms with Gasteiger partial charge in [-0.15, -0.1) is 0 Å². The predicted octanol–water partition coefficient (Wildman–Crippen LogP) is 0.0923. The van der Waals surface area contributed by atoms with Crippen molar-refractivity contribution in [3.8, 4) is 0 Å². The average Bonchev–Trinajstić information content (AvgIpc) is 2.59. The van der Waals surface area contributed by atoms with Crippen LogP contribution >= 0.6 is 0 Å². The smallest absolute Gasteiger partial charge is 0.255 e. The van der Waals surface area contributed by atoms with Crippen LogP contribution in [0.5, 0.6) is 0 Å². The van der Waals surface area contributed by atoms with Gasteiger partial charge in [0.1, 0.15) is 12.0 Å². The van der Waals surface area contributed by atoms with Gasteiger partial charge in [0, 0.05) is 0 Å². The van der Waals surface area contributed by atoms with Gasteiger partial charge in [0.05, 0.1) is 17.6 Å². The van der Waals surface area contributed by atoms with E-state index in [9.17, 15) is 14.7 Å². The highest BCUT2D eigenvalue weighted by atomic mass is 16.4. The molecule has 5 nitrogen and oxygen atoms in total. The second-order valence-corrected chi connectivity index (χ2v) is 3.96. The summed E-state index contributed by atoms with van der Waals surface area (Å²) in [6.45, 7) is 5.10. The lowest BCUT2D eigenvalue weighted by molar-refractivity contribution is -0.309. The van der Waals surface area contributed by atoms with E-state index in [0.717, 1.165) is 0 Å². The third-order valence-corrected chi connectivity index (χ3v) is 2.20. The number of furan rings is 1. The summed E-state index contributed by atoms with van der Waals surface area (Å²) in [6, 6.07) is 0.546. The Bertz CT molecular complexity index is 394. The molecule has 1 aromatic heterocycles. The zero-order valence-electron chi connectivity index (χ0n) is 9.44. The van der Waals surface area contributed by atoms with Gasteiger partial charge in [0.2, 0.25) is 0 Å². The molecule has 1 N–H and O–H groups in total. The predicted molar refractivity (Wildman–Crippen MR) is 54.5 cm³/mol. The highest BCUT2D eigenvalue weighted by Gasteiger charge is 2.18. The van der Waals surface area contributed by atoms with Crippen molar-refractivity contribution in [1.82, 2.24) is 5.32 Å². The summed E-state index contributed by atoms with van der Waals surface area (Å²) in [5.41, 5.74) is 0.310. The van der Waals surface area contributed by atoms with E-state index < -0.39 is 17.9 Å². The van der Waals surface area contributed by atoms with Crippen LogP contribution in [0, 0.1) is 12.8 Å². The van der Waals surface area contributed by atoms with Gasteiger partial charge in [-0.2, -0.15) is 0 Å². The van der Waals surface area contributed by atoms with E-state index in [4.69, 9.17) is 4.42 Å². The van der Waals surface area contributed by atoms with Crippen LogP contribution in [0.3, 0.4) is 0 Å². The Morgan fingerprint density at radius 1 is 1.44 bits per heavy atom. The minimum Gasteiger partial charge on any atom is -0.548 e. The fraction of sp³-hybridized carbons (Fsp3) is 0.455. The van der Waals surface area contributed by atoms with Gasteiger partial charge in [0.15, 0.2) is 0 Å². The van der Waals surface area contributed by atoms with E-state index in [2.05, 4.69) is 5.32 Å². The summed E-state index contributed by atoms with van der Waals surface area (Å²) in [6.07, 6.45) is 1.29. The minimum absolute atomic E-state index is 0.234. The summed E-state index contributed by atoms with van der Waals surface area (Å²) in [5.74, 6) is -1.40. The molecule has 1 amide bonds. The van der Waals surface area contributed by atoms with Gasteiger partial charge in [0.25, 0.3) is 5.91 Å². The number of aryl methyl sites for hydroxylation is 1. The molecule has 0 bridgehead atoms. The quantitative estimate of drug-likeness (QED) is 0.785. The summed E-state index contributed by atoms with van der Waals surface area (Å²) < 4.78 is 4.96. The van der Waals surface area contributed by atoms with E-state index >= 15 is 0 Å². The molecule has 0 radical (unpaired) electrons. The number of hydrogen-bond acceptors (Lipinski definition) is 4. The van der Waals surface area contributed by atoms with Crippen LogP contribution in [-0.4, -0.2) is 17.9 Å². The Balaban J connectivity index is 2.73. The maximum atomic E-state index is 11.6. The molecule has 1 rings (SSSR count). The third-order valence-electron chi connectivity index (χ3n) is 2.20. The number of carboxylic acids is 1. The topological polar surface area (TPSA) is 82.4 Å². The Hall–Kier alpha value is -1.78. The molecule has 0 aliphatic carbocycles. The lowest BCUT2D eigenvalue weighted by Gasteiger charge is -2.22. The Morgan fingerprint density at radius 3 is 2.44 bits per heavy atom. The molecule has 0 spiro atoms. The van der Waals surface area contributed by atoms with Crippen molar-refractivity contribution < 1.29 is 19.1 Å². The van der Waals surface area contributed by atoms with Crippen molar-refractivity contribution in [3.05, 3.63) is 23.7 Å². The molecule has 0 aliphatic heterocycles. The molecule has 0 saturated carbocycles. The van der Waals surface area contributed by atoms with Crippen molar-refractivity contribution in [2.45, 2.75) is 26.8 Å². The van der Waals surface area contributed by atoms with Gasteiger partial charge in [-0.05, 0) is 18.9 Å². The van der Waals surface area contributed by atoms with Gasteiger partial charge >= 0.3 is 0 Å². The molecular weight excluding hydrogens is 210 g/mol. The summed E-state index contributed by atoms with van der Waals surface area (Å²) >= 11 is 0. The summed E-state index contributed by atoms with van der Waals surface area (Å²) in [4.78, 5) is 22.4. The molecule has 1 atom stereocenters. The number of carbonyl (C=O) groups is 2. The fourth-order valence-electron chi connectivity index (χ4n) is 1.28. The Morgan fingerprint density at radius 2 is 2.06 bits per heavy atom. The largest absolute Gasteiger partial charge is 0.548 e. The van der Waals surface area contributed by atoms with Crippen LogP contribution in [0.4, 0.5) is 0 Å². The van der Waals surface area contributed by atoms with Crippen molar-refractivity contribution in [2.24, 2.45) is 5.92 Å². The highest BCUT2D eigenvalue weighted by molar-refractivity contribution is 5.96. The van der Waals surface area contributed by atoms with E-state index in [1.165, 1.54) is 6.26 Å². The van der Waals surface area contributed by atoms with Crippen LogP contribution in [-0.2, 0) is 4.79 Å². The average molecular weight is 224 g/mol. The number of amides is 1. The molecule has 5 heteroatoms. The molecule has 0 aliphatic rings. The lowest BCUT2D eigenvalue weighted by Crippen LogP contribution is -2.50. The Kier molecular flexibility index (Phi) is 3.71. The first-order valence-corrected chi connectivity index (χ1v) is 4.98. The summed E-state index contributed by atoms with van der Waals surface area (Å²) in [7, 11) is 0. The third kappa shape index (κ3) is 2.85. The number of rotatable bonds is 4. The van der Waals surface area contributed by atoms with Crippen LogP contribution in [0.15, 0.2) is 16.7 Å². The van der Waals surface area contributed by atoms with E-state index in [0.29, 0.717) is 11.3 Å². The second kappa shape index (κ2) is 4.83. The molecule has 1 aromatic rings. The standard InChI is InChI=1S/C11H15NO4/c1-6(2)9(11(14)15)12-10(13)8-4-7(3)16-5-8/h4-6,9H,1-3H3,(H,12,13)(H,14,15)/p-1. The number of hydrogen-bond donors (Lipinski definition) is 1. The molecule has 0 fully saturated rings. The zero-order chi connectivity index (χ0) is 12.3. The van der Waals surface area contributed by atoms with E-state index in [1.807, 2.05) is 0 Å². The maximum absolute atomic E-state index is 11.6. The molecule has 16 heavy (non-hydrogen) atoms. The molecule has 88 valence electrons.